The zero-order valence-corrected chi connectivity index (χ0v) is 23.7. The minimum Gasteiger partial charge on any atom is -0.493 e. The van der Waals surface area contributed by atoms with Gasteiger partial charge in [0.2, 0.25) is 6.79 Å². The van der Waals surface area contributed by atoms with Crippen LogP contribution in [-0.2, 0) is 23.8 Å². The van der Waals surface area contributed by atoms with E-state index in [1.807, 2.05) is 37.3 Å². The van der Waals surface area contributed by atoms with Crippen LogP contribution in [0.4, 0.5) is 0 Å². The van der Waals surface area contributed by atoms with E-state index >= 15 is 0 Å². The second kappa shape index (κ2) is 15.7. The zero-order chi connectivity index (χ0) is 28.9. The van der Waals surface area contributed by atoms with Gasteiger partial charge in [0.1, 0.15) is 11.9 Å². The van der Waals surface area contributed by atoms with Gasteiger partial charge in [-0.1, -0.05) is 45.9 Å². The molecule has 0 bridgehead atoms. The first-order chi connectivity index (χ1) is 18.6. The summed E-state index contributed by atoms with van der Waals surface area (Å²) in [5, 5.41) is 0. The Balaban J connectivity index is 2.10. The molecule has 0 saturated carbocycles. The van der Waals surface area contributed by atoms with Crippen LogP contribution in [0.5, 0.6) is 17.2 Å². The number of nitrogens with zero attached hydrogens (tertiary/aromatic N) is 1. The smallest absolute Gasteiger partial charge is 0.311 e. The number of pyridine rings is 1. The Labute approximate surface area is 229 Å². The van der Waals surface area contributed by atoms with Gasteiger partial charge < -0.3 is 28.4 Å². The van der Waals surface area contributed by atoms with Crippen molar-refractivity contribution >= 4 is 17.7 Å². The van der Waals surface area contributed by atoms with Gasteiger partial charge in [0.25, 0.3) is 0 Å². The fourth-order valence-corrected chi connectivity index (χ4v) is 3.73. The standard InChI is InChI=1S/C29H39NO9/c1-8-23(34-6)26(39-21-12-10-9-11-13-21)20(5)38-29(33)19(4)16-22(31)25-27(24(35-7)14-15-30-25)36-17-37-28(32)18(2)3/h9-15,18-20,23,26H,8,16-17H2,1-7H3/t19-,20+,23+,26+/m1/s1. The Morgan fingerprint density at radius 2 is 1.64 bits per heavy atom. The summed E-state index contributed by atoms with van der Waals surface area (Å²) < 4.78 is 33.3. The second-order valence-corrected chi connectivity index (χ2v) is 9.32. The van der Waals surface area contributed by atoms with Gasteiger partial charge in [-0.15, -0.1) is 0 Å². The van der Waals surface area contributed by atoms with Crippen molar-refractivity contribution in [2.24, 2.45) is 11.8 Å². The molecule has 0 saturated heterocycles. The molecular formula is C29H39NO9. The predicted molar refractivity (Wildman–Crippen MR) is 143 cm³/mol. The number of ketones is 1. The Morgan fingerprint density at radius 3 is 2.23 bits per heavy atom. The van der Waals surface area contributed by atoms with Crippen molar-refractivity contribution in [3.63, 3.8) is 0 Å². The molecule has 39 heavy (non-hydrogen) atoms. The summed E-state index contributed by atoms with van der Waals surface area (Å²) >= 11 is 0. The largest absolute Gasteiger partial charge is 0.493 e. The molecule has 2 aromatic rings. The third-order valence-electron chi connectivity index (χ3n) is 5.97. The number of para-hydroxylation sites is 1. The molecule has 1 heterocycles. The van der Waals surface area contributed by atoms with E-state index < -0.39 is 42.6 Å². The lowest BCUT2D eigenvalue weighted by atomic mass is 10.0. The van der Waals surface area contributed by atoms with Crippen molar-refractivity contribution in [1.82, 2.24) is 4.98 Å². The molecule has 0 aliphatic carbocycles. The Bertz CT molecular complexity index is 1070. The lowest BCUT2D eigenvalue weighted by molar-refractivity contribution is -0.161. The third kappa shape index (κ3) is 9.24. The highest BCUT2D eigenvalue weighted by Gasteiger charge is 2.33. The van der Waals surface area contributed by atoms with Crippen LogP contribution in [-0.4, -0.2) is 62.0 Å². The number of methoxy groups -OCH3 is 2. The number of ether oxygens (including phenoxy) is 6. The summed E-state index contributed by atoms with van der Waals surface area (Å²) in [5.41, 5.74) is -0.0432. The van der Waals surface area contributed by atoms with Crippen molar-refractivity contribution in [2.75, 3.05) is 21.0 Å². The average Bonchev–Trinajstić information content (AvgIpc) is 2.93. The number of benzene rings is 1. The van der Waals surface area contributed by atoms with Crippen molar-refractivity contribution < 1.29 is 42.8 Å². The van der Waals surface area contributed by atoms with Gasteiger partial charge in [0.05, 0.1) is 25.0 Å². The summed E-state index contributed by atoms with van der Waals surface area (Å²) in [6, 6.07) is 10.7. The third-order valence-corrected chi connectivity index (χ3v) is 5.97. The number of hydrogen-bond donors (Lipinski definition) is 0. The van der Waals surface area contributed by atoms with Crippen molar-refractivity contribution in [3.8, 4) is 17.2 Å². The maximum Gasteiger partial charge on any atom is 0.311 e. The van der Waals surface area contributed by atoms with E-state index in [2.05, 4.69) is 4.98 Å². The molecule has 2 rings (SSSR count). The van der Waals surface area contributed by atoms with Gasteiger partial charge in [0, 0.05) is 25.8 Å². The minimum absolute atomic E-state index is 0.0256. The maximum absolute atomic E-state index is 13.2. The highest BCUT2D eigenvalue weighted by Crippen LogP contribution is 2.31. The first kappa shape index (κ1) is 31.6. The van der Waals surface area contributed by atoms with Crippen molar-refractivity contribution in [1.29, 1.82) is 0 Å². The van der Waals surface area contributed by atoms with E-state index in [9.17, 15) is 14.4 Å². The molecule has 0 amide bonds. The Morgan fingerprint density at radius 1 is 0.949 bits per heavy atom. The van der Waals surface area contributed by atoms with Crippen LogP contribution in [0.1, 0.15) is 57.9 Å². The fourth-order valence-electron chi connectivity index (χ4n) is 3.73. The molecule has 0 unspecified atom stereocenters. The number of Topliss-reactive ketones (excluding diaryl/α,β-unsaturated/α-hetero) is 1. The fraction of sp³-hybridized carbons (Fsp3) is 0.517. The first-order valence-corrected chi connectivity index (χ1v) is 12.9. The van der Waals surface area contributed by atoms with Crippen molar-refractivity contribution in [2.45, 2.75) is 65.8 Å². The lowest BCUT2D eigenvalue weighted by Gasteiger charge is -2.31. The van der Waals surface area contributed by atoms with Gasteiger partial charge in [-0.2, -0.15) is 0 Å². The van der Waals surface area contributed by atoms with Gasteiger partial charge >= 0.3 is 11.9 Å². The van der Waals surface area contributed by atoms with E-state index in [0.717, 1.165) is 0 Å². The second-order valence-electron chi connectivity index (χ2n) is 9.32. The van der Waals surface area contributed by atoms with E-state index in [0.29, 0.717) is 12.2 Å². The molecular weight excluding hydrogens is 506 g/mol. The van der Waals surface area contributed by atoms with E-state index in [4.69, 9.17) is 28.4 Å². The predicted octanol–water partition coefficient (Wildman–Crippen LogP) is 4.64. The molecule has 0 N–H and O–H groups in total. The van der Waals surface area contributed by atoms with E-state index in [1.54, 1.807) is 34.8 Å². The van der Waals surface area contributed by atoms with Gasteiger partial charge in [-0.25, -0.2) is 4.98 Å². The summed E-state index contributed by atoms with van der Waals surface area (Å²) in [6.07, 6.45) is 0.286. The highest BCUT2D eigenvalue weighted by molar-refractivity contribution is 5.99. The molecule has 0 radical (unpaired) electrons. The molecule has 1 aromatic carbocycles. The topological polar surface area (TPSA) is 119 Å². The van der Waals surface area contributed by atoms with Crippen LogP contribution in [0, 0.1) is 11.8 Å². The number of rotatable bonds is 16. The summed E-state index contributed by atoms with van der Waals surface area (Å²) in [4.78, 5) is 42.0. The van der Waals surface area contributed by atoms with Crippen LogP contribution >= 0.6 is 0 Å². The maximum atomic E-state index is 13.2. The number of esters is 2. The Hall–Kier alpha value is -3.66. The summed E-state index contributed by atoms with van der Waals surface area (Å²) in [5.74, 6) is -1.73. The molecule has 0 aliphatic heterocycles. The normalized spacial score (nSPS) is 14.1. The monoisotopic (exact) mass is 545 g/mol. The summed E-state index contributed by atoms with van der Waals surface area (Å²) in [7, 11) is 2.99. The summed E-state index contributed by atoms with van der Waals surface area (Å²) in [6.45, 7) is 8.24. The SMILES string of the molecule is CC[C@H](OC)[C@@H](Oc1ccccc1)[C@H](C)OC(=O)[C@H](C)CC(=O)c1nccc(OC)c1OCOC(=O)C(C)C. The van der Waals surface area contributed by atoms with E-state index in [-0.39, 0.29) is 35.6 Å². The quantitative estimate of drug-likeness (QED) is 0.168. The van der Waals surface area contributed by atoms with Gasteiger partial charge in [-0.05, 0) is 25.5 Å². The van der Waals surface area contributed by atoms with Crippen LogP contribution in [0.15, 0.2) is 42.6 Å². The molecule has 1 aromatic heterocycles. The lowest BCUT2D eigenvalue weighted by Crippen LogP contribution is -2.44. The molecule has 0 fully saturated rings. The van der Waals surface area contributed by atoms with Crippen LogP contribution in [0.3, 0.4) is 0 Å². The molecule has 0 spiro atoms. The highest BCUT2D eigenvalue weighted by atomic mass is 16.7. The molecule has 0 aliphatic rings. The average molecular weight is 546 g/mol. The van der Waals surface area contributed by atoms with Crippen LogP contribution in [0.2, 0.25) is 0 Å². The number of aromatic nitrogens is 1. The van der Waals surface area contributed by atoms with Crippen molar-refractivity contribution in [3.05, 3.63) is 48.3 Å². The first-order valence-electron chi connectivity index (χ1n) is 12.9. The zero-order valence-electron chi connectivity index (χ0n) is 23.7. The number of hydrogen-bond acceptors (Lipinski definition) is 10. The number of carbonyl (C=O) groups is 3. The molecule has 4 atom stereocenters. The molecule has 214 valence electrons. The number of carbonyl (C=O) groups excluding carboxylic acids is 3. The van der Waals surface area contributed by atoms with Crippen LogP contribution < -0.4 is 14.2 Å². The van der Waals surface area contributed by atoms with E-state index in [1.165, 1.54) is 19.4 Å². The molecule has 10 nitrogen and oxygen atoms in total. The minimum atomic E-state index is -0.792. The molecule has 10 heteroatoms. The van der Waals surface area contributed by atoms with Gasteiger partial charge in [0.15, 0.2) is 29.1 Å². The Kier molecular flexibility index (Phi) is 12.7. The van der Waals surface area contributed by atoms with Crippen LogP contribution in [0.25, 0.3) is 0 Å². The van der Waals surface area contributed by atoms with Gasteiger partial charge in [-0.3, -0.25) is 14.4 Å².